The van der Waals surface area contributed by atoms with Crippen molar-refractivity contribution in [2.75, 3.05) is 11.1 Å². The molecule has 128 valence electrons. The normalized spacial score (nSPS) is 10.6. The van der Waals surface area contributed by atoms with E-state index in [9.17, 15) is 4.79 Å². The Morgan fingerprint density at radius 3 is 2.60 bits per heavy atom. The maximum absolute atomic E-state index is 12.8. The number of hydrogen-bond donors (Lipinski definition) is 1. The summed E-state index contributed by atoms with van der Waals surface area (Å²) in [6.45, 7) is 4.63. The third-order valence-electron chi connectivity index (χ3n) is 3.75. The highest BCUT2D eigenvalue weighted by molar-refractivity contribution is 7.99. The Morgan fingerprint density at radius 2 is 1.84 bits per heavy atom. The third kappa shape index (κ3) is 4.31. The van der Waals surface area contributed by atoms with E-state index in [0.29, 0.717) is 17.9 Å². The van der Waals surface area contributed by atoms with Gasteiger partial charge < -0.3 is 5.32 Å². The number of hydrogen-bond acceptors (Lipinski definition) is 3. The van der Waals surface area contributed by atoms with Crippen LogP contribution in [0.3, 0.4) is 0 Å². The summed E-state index contributed by atoms with van der Waals surface area (Å²) in [5.74, 6) is 1.53. The van der Waals surface area contributed by atoms with Crippen LogP contribution in [0.15, 0.2) is 65.6 Å². The van der Waals surface area contributed by atoms with Crippen molar-refractivity contribution in [3.63, 3.8) is 0 Å². The van der Waals surface area contributed by atoms with E-state index in [1.165, 1.54) is 0 Å². The van der Waals surface area contributed by atoms with Crippen LogP contribution in [0, 0.1) is 6.92 Å². The number of carbonyl (C=O) groups is 1. The summed E-state index contributed by atoms with van der Waals surface area (Å²) < 4.78 is 1.83. The first-order valence-corrected chi connectivity index (χ1v) is 9.27. The summed E-state index contributed by atoms with van der Waals surface area (Å²) >= 11 is 1.67. The average molecular weight is 351 g/mol. The average Bonchev–Trinajstić information content (AvgIpc) is 2.95. The molecule has 1 heterocycles. The lowest BCUT2D eigenvalue weighted by atomic mass is 10.2. The van der Waals surface area contributed by atoms with Crippen LogP contribution in [0.5, 0.6) is 0 Å². The molecule has 0 radical (unpaired) electrons. The molecule has 3 rings (SSSR count). The van der Waals surface area contributed by atoms with Crippen molar-refractivity contribution >= 4 is 23.5 Å². The summed E-state index contributed by atoms with van der Waals surface area (Å²) in [4.78, 5) is 13.8. The summed E-state index contributed by atoms with van der Waals surface area (Å²) in [6.07, 6.45) is 0. The quantitative estimate of drug-likeness (QED) is 0.660. The van der Waals surface area contributed by atoms with Gasteiger partial charge in [-0.2, -0.15) is 5.10 Å². The van der Waals surface area contributed by atoms with Gasteiger partial charge in [0, 0.05) is 11.0 Å². The molecule has 0 atom stereocenters. The van der Waals surface area contributed by atoms with Crippen molar-refractivity contribution < 1.29 is 4.79 Å². The molecule has 0 bridgehead atoms. The fourth-order valence-electron chi connectivity index (χ4n) is 2.64. The Labute approximate surface area is 152 Å². The van der Waals surface area contributed by atoms with E-state index in [0.717, 1.165) is 21.9 Å². The smallest absolute Gasteiger partial charge is 0.257 e. The number of amides is 1. The molecule has 0 fully saturated rings. The van der Waals surface area contributed by atoms with Crippen LogP contribution in [0.2, 0.25) is 0 Å². The molecule has 1 aromatic heterocycles. The molecule has 25 heavy (non-hydrogen) atoms. The molecule has 4 nitrogen and oxygen atoms in total. The molecular weight excluding hydrogens is 330 g/mol. The van der Waals surface area contributed by atoms with Crippen molar-refractivity contribution in [2.45, 2.75) is 25.3 Å². The van der Waals surface area contributed by atoms with Gasteiger partial charge in [0.2, 0.25) is 0 Å². The number of benzene rings is 2. The highest BCUT2D eigenvalue weighted by Crippen LogP contribution is 2.23. The van der Waals surface area contributed by atoms with Crippen LogP contribution < -0.4 is 5.32 Å². The Balaban J connectivity index is 1.82. The zero-order chi connectivity index (χ0) is 17.6. The largest absolute Gasteiger partial charge is 0.307 e. The minimum atomic E-state index is -0.106. The number of thioether (sulfide) groups is 1. The zero-order valence-corrected chi connectivity index (χ0v) is 15.2. The van der Waals surface area contributed by atoms with E-state index >= 15 is 0 Å². The summed E-state index contributed by atoms with van der Waals surface area (Å²) in [5, 5.41) is 7.52. The van der Waals surface area contributed by atoms with E-state index in [1.807, 2.05) is 60.1 Å². The van der Waals surface area contributed by atoms with Crippen LogP contribution >= 0.6 is 11.8 Å². The van der Waals surface area contributed by atoms with Crippen molar-refractivity contribution in [2.24, 2.45) is 0 Å². The Bertz CT molecular complexity index is 858. The van der Waals surface area contributed by atoms with Gasteiger partial charge in [0.15, 0.2) is 0 Å². The topological polar surface area (TPSA) is 46.9 Å². The lowest BCUT2D eigenvalue weighted by Gasteiger charge is -2.11. The second-order valence-electron chi connectivity index (χ2n) is 5.70. The number of nitrogens with one attached hydrogen (secondary N) is 1. The summed E-state index contributed by atoms with van der Waals surface area (Å²) in [6, 6.07) is 19.7. The van der Waals surface area contributed by atoms with Crippen molar-refractivity contribution in [3.05, 3.63) is 77.5 Å². The van der Waals surface area contributed by atoms with Crippen LogP contribution in [-0.2, 0) is 6.54 Å². The van der Waals surface area contributed by atoms with Crippen LogP contribution in [-0.4, -0.2) is 21.4 Å². The van der Waals surface area contributed by atoms with Gasteiger partial charge in [-0.3, -0.25) is 4.79 Å². The predicted molar refractivity (Wildman–Crippen MR) is 103 cm³/mol. The van der Waals surface area contributed by atoms with Gasteiger partial charge in [0.25, 0.3) is 5.91 Å². The molecule has 3 aromatic rings. The van der Waals surface area contributed by atoms with Gasteiger partial charge in [-0.15, -0.1) is 11.8 Å². The molecule has 0 aliphatic carbocycles. The van der Waals surface area contributed by atoms with E-state index in [4.69, 9.17) is 0 Å². The molecule has 0 spiro atoms. The molecule has 0 unspecified atom stereocenters. The van der Waals surface area contributed by atoms with Crippen molar-refractivity contribution in [3.8, 4) is 0 Å². The maximum Gasteiger partial charge on any atom is 0.257 e. The van der Waals surface area contributed by atoms with Crippen LogP contribution in [0.1, 0.15) is 28.5 Å². The lowest BCUT2D eigenvalue weighted by molar-refractivity contribution is 0.102. The van der Waals surface area contributed by atoms with Gasteiger partial charge in [-0.1, -0.05) is 49.4 Å². The SMILES string of the molecule is CCSc1ccccc1C(=O)Nc1cc(C)nn1Cc1ccccc1. The predicted octanol–water partition coefficient (Wildman–Crippen LogP) is 4.60. The fourth-order valence-corrected chi connectivity index (χ4v) is 3.44. The van der Waals surface area contributed by atoms with Gasteiger partial charge >= 0.3 is 0 Å². The molecule has 1 N–H and O–H groups in total. The second-order valence-corrected chi connectivity index (χ2v) is 7.00. The molecule has 0 aliphatic rings. The maximum atomic E-state index is 12.8. The van der Waals surface area contributed by atoms with Gasteiger partial charge in [-0.05, 0) is 30.4 Å². The van der Waals surface area contributed by atoms with Crippen LogP contribution in [0.25, 0.3) is 0 Å². The van der Waals surface area contributed by atoms with Gasteiger partial charge in [-0.25, -0.2) is 4.68 Å². The minimum absolute atomic E-state index is 0.106. The summed E-state index contributed by atoms with van der Waals surface area (Å²) in [7, 11) is 0. The first kappa shape index (κ1) is 17.3. The Hall–Kier alpha value is -2.53. The second kappa shape index (κ2) is 8.03. The third-order valence-corrected chi connectivity index (χ3v) is 4.71. The number of rotatable bonds is 6. The van der Waals surface area contributed by atoms with Crippen molar-refractivity contribution in [1.82, 2.24) is 9.78 Å². The highest BCUT2D eigenvalue weighted by Gasteiger charge is 2.14. The van der Waals surface area contributed by atoms with E-state index in [1.54, 1.807) is 11.8 Å². The fraction of sp³-hybridized carbons (Fsp3) is 0.200. The lowest BCUT2D eigenvalue weighted by Crippen LogP contribution is -2.17. The van der Waals surface area contributed by atoms with Gasteiger partial charge in [0.05, 0.1) is 17.8 Å². The molecule has 0 saturated carbocycles. The number of carbonyl (C=O) groups excluding carboxylic acids is 1. The molecule has 2 aromatic carbocycles. The molecule has 1 amide bonds. The summed E-state index contributed by atoms with van der Waals surface area (Å²) in [5.41, 5.74) is 2.71. The number of anilines is 1. The van der Waals surface area contributed by atoms with E-state index in [-0.39, 0.29) is 5.91 Å². The number of aromatic nitrogens is 2. The Morgan fingerprint density at radius 1 is 1.12 bits per heavy atom. The Kier molecular flexibility index (Phi) is 5.56. The molecule has 0 aliphatic heterocycles. The highest BCUT2D eigenvalue weighted by atomic mass is 32.2. The minimum Gasteiger partial charge on any atom is -0.307 e. The monoisotopic (exact) mass is 351 g/mol. The van der Waals surface area contributed by atoms with Crippen LogP contribution in [0.4, 0.5) is 5.82 Å². The molecule has 5 heteroatoms. The number of aryl methyl sites for hydroxylation is 1. The van der Waals surface area contributed by atoms with Gasteiger partial charge in [0.1, 0.15) is 5.82 Å². The molecular formula is C20H21N3OS. The zero-order valence-electron chi connectivity index (χ0n) is 14.4. The first-order valence-electron chi connectivity index (χ1n) is 8.29. The first-order chi connectivity index (χ1) is 12.2. The standard InChI is InChI=1S/C20H21N3OS/c1-3-25-18-12-8-7-11-17(18)20(24)21-19-13-15(2)22-23(19)14-16-9-5-4-6-10-16/h4-13H,3,14H2,1-2H3,(H,21,24). The number of nitrogens with zero attached hydrogens (tertiary/aromatic N) is 2. The van der Waals surface area contributed by atoms with Crippen molar-refractivity contribution in [1.29, 1.82) is 0 Å². The molecule has 0 saturated heterocycles. The van der Waals surface area contributed by atoms with E-state index in [2.05, 4.69) is 29.5 Å². The van der Waals surface area contributed by atoms with E-state index < -0.39 is 0 Å².